The Balaban J connectivity index is 1.21. The van der Waals surface area contributed by atoms with Gasteiger partial charge in [-0.15, -0.1) is 0 Å². The zero-order valence-electron chi connectivity index (χ0n) is 24.1. The van der Waals surface area contributed by atoms with Gasteiger partial charge in [0.1, 0.15) is 6.54 Å². The van der Waals surface area contributed by atoms with Crippen LogP contribution in [0, 0.1) is 5.92 Å². The number of hydrogen-bond donors (Lipinski definition) is 0. The third-order valence-corrected chi connectivity index (χ3v) is 10.3. The fourth-order valence-electron chi connectivity index (χ4n) is 6.53. The molecule has 2 fully saturated rings. The molecule has 0 radical (unpaired) electrons. The average Bonchev–Trinajstić information content (AvgIpc) is 3.68. The van der Waals surface area contributed by atoms with Crippen molar-refractivity contribution in [1.82, 2.24) is 10.0 Å². The molecule has 0 unspecified atom stereocenters. The summed E-state index contributed by atoms with van der Waals surface area (Å²) in [7, 11) is 0. The van der Waals surface area contributed by atoms with E-state index >= 15 is 0 Å². The van der Waals surface area contributed by atoms with E-state index in [0.717, 1.165) is 41.0 Å². The maximum absolute atomic E-state index is 14.2. The van der Waals surface area contributed by atoms with Crippen molar-refractivity contribution in [2.75, 3.05) is 11.4 Å². The van der Waals surface area contributed by atoms with E-state index in [9.17, 15) is 14.4 Å². The molecular weight excluding hydrogens is 729 g/mol. The van der Waals surface area contributed by atoms with Crippen molar-refractivity contribution in [3.05, 3.63) is 101 Å². The molecule has 15 heteroatoms. The summed E-state index contributed by atoms with van der Waals surface area (Å²) >= 11 is 37.9. The smallest absolute Gasteiger partial charge is 0.264 e. The quantitative estimate of drug-likeness (QED) is 0.244. The van der Waals surface area contributed by atoms with Crippen LogP contribution >= 0.6 is 69.6 Å². The van der Waals surface area contributed by atoms with E-state index in [1.54, 1.807) is 30.3 Å². The molecule has 3 aliphatic heterocycles. The molecule has 3 aromatic carbocycles. The summed E-state index contributed by atoms with van der Waals surface area (Å²) in [6.45, 7) is -0.376. The second-order valence-electron chi connectivity index (χ2n) is 11.5. The van der Waals surface area contributed by atoms with Crippen LogP contribution in [-0.4, -0.2) is 52.1 Å². The van der Waals surface area contributed by atoms with Crippen LogP contribution in [0.3, 0.4) is 0 Å². The van der Waals surface area contributed by atoms with E-state index in [0.29, 0.717) is 30.7 Å². The van der Waals surface area contributed by atoms with Gasteiger partial charge in [0.05, 0.1) is 22.5 Å². The zero-order chi connectivity index (χ0) is 33.1. The van der Waals surface area contributed by atoms with Gasteiger partial charge in [0.2, 0.25) is 0 Å². The van der Waals surface area contributed by atoms with Crippen molar-refractivity contribution < 1.29 is 14.4 Å². The normalized spacial score (nSPS) is 24.3. The third kappa shape index (κ3) is 5.81. The second kappa shape index (κ2) is 12.7. The number of hydrogen-bond acceptors (Lipinski definition) is 7. The van der Waals surface area contributed by atoms with Crippen LogP contribution in [0.2, 0.25) is 30.1 Å². The number of amides is 3. The summed E-state index contributed by atoms with van der Waals surface area (Å²) in [4.78, 5) is 42.1. The van der Waals surface area contributed by atoms with E-state index in [1.807, 2.05) is 12.1 Å². The van der Waals surface area contributed by atoms with Crippen LogP contribution in [0.5, 0.6) is 0 Å². The second-order valence-corrected chi connectivity index (χ2v) is 14.0. The molecule has 1 aliphatic carbocycles. The Bertz CT molecular complexity index is 1950. The van der Waals surface area contributed by atoms with Gasteiger partial charge in [-0.2, -0.15) is 10.2 Å². The molecular formula is C32H22Cl6N6O3. The number of allylic oxidation sites excluding steroid dienone is 1. The maximum Gasteiger partial charge on any atom is 0.264 e. The highest BCUT2D eigenvalue weighted by molar-refractivity contribution is 6.39. The number of anilines is 1. The van der Waals surface area contributed by atoms with E-state index in [-0.39, 0.29) is 23.2 Å². The Morgan fingerprint density at radius 2 is 1.51 bits per heavy atom. The molecule has 47 heavy (non-hydrogen) atoms. The number of hydrazone groups is 1. The first-order valence-corrected chi connectivity index (χ1v) is 16.8. The Kier molecular flexibility index (Phi) is 8.74. The van der Waals surface area contributed by atoms with E-state index < -0.39 is 35.8 Å². The molecule has 7 rings (SSSR count). The summed E-state index contributed by atoms with van der Waals surface area (Å²) in [5, 5.41) is 18.0. The van der Waals surface area contributed by atoms with Crippen LogP contribution in [0.4, 0.5) is 5.69 Å². The number of nitrogens with zero attached hydrogens (tertiary/aromatic N) is 6. The van der Waals surface area contributed by atoms with Crippen molar-refractivity contribution >= 4 is 105 Å². The summed E-state index contributed by atoms with van der Waals surface area (Å²) in [6, 6.07) is 12.0. The molecule has 0 N–H and O–H groups in total. The van der Waals surface area contributed by atoms with Gasteiger partial charge in [0.15, 0.2) is 12.1 Å². The molecule has 0 aromatic heterocycles. The number of benzene rings is 3. The Labute approximate surface area is 299 Å². The number of fused-ring (bicyclic) bond motifs is 2. The lowest BCUT2D eigenvalue weighted by Crippen LogP contribution is -2.45. The standard InChI is InChI=1S/C32H22Cl6N6O3/c33-17-5-4-15(22(36)11-17)10-16-2-1-3-21-27(16)40-44(29(21)20-8-6-18(34)12-23(20)37)26(45)14-42-30-28(39-41-42)31(46)43(32(30)47)25-9-7-19(35)13-24(25)38/h4-13,21,28-30H,1-3,14H2/b16-10+/t21-,28+,29-,30+/m0/s1. The molecule has 0 bridgehead atoms. The molecule has 3 aromatic rings. The minimum Gasteiger partial charge on any atom is -0.271 e. The first kappa shape index (κ1) is 32.4. The molecule has 240 valence electrons. The fraction of sp³-hybridized carbons (Fsp3) is 0.250. The lowest BCUT2D eigenvalue weighted by Gasteiger charge is -2.31. The Morgan fingerprint density at radius 1 is 0.830 bits per heavy atom. The fourth-order valence-corrected chi connectivity index (χ4v) is 8.00. The lowest BCUT2D eigenvalue weighted by molar-refractivity contribution is -0.136. The largest absolute Gasteiger partial charge is 0.271 e. The molecule has 1 saturated carbocycles. The van der Waals surface area contributed by atoms with Gasteiger partial charge in [-0.25, -0.2) is 9.91 Å². The summed E-state index contributed by atoms with van der Waals surface area (Å²) in [5.41, 5.74) is 3.30. The highest BCUT2D eigenvalue weighted by atomic mass is 35.5. The summed E-state index contributed by atoms with van der Waals surface area (Å²) < 4.78 is 0. The van der Waals surface area contributed by atoms with Crippen molar-refractivity contribution in [1.29, 1.82) is 0 Å². The van der Waals surface area contributed by atoms with Crippen molar-refractivity contribution in [3.63, 3.8) is 0 Å². The van der Waals surface area contributed by atoms with E-state index in [4.69, 9.17) is 74.7 Å². The maximum atomic E-state index is 14.2. The van der Waals surface area contributed by atoms with Crippen LogP contribution in [0.25, 0.3) is 6.08 Å². The lowest BCUT2D eigenvalue weighted by atomic mass is 9.77. The van der Waals surface area contributed by atoms with Crippen molar-refractivity contribution in [2.24, 2.45) is 21.4 Å². The third-order valence-electron chi connectivity index (χ3n) is 8.64. The van der Waals surface area contributed by atoms with Gasteiger partial charge in [0, 0.05) is 31.0 Å². The Morgan fingerprint density at radius 3 is 2.21 bits per heavy atom. The number of halogens is 6. The highest BCUT2D eigenvalue weighted by Crippen LogP contribution is 2.47. The van der Waals surface area contributed by atoms with Gasteiger partial charge in [0.25, 0.3) is 17.7 Å². The molecule has 3 amide bonds. The van der Waals surface area contributed by atoms with Gasteiger partial charge in [-0.05, 0) is 84.5 Å². The van der Waals surface area contributed by atoms with Gasteiger partial charge in [-0.1, -0.05) is 87.0 Å². The van der Waals surface area contributed by atoms with Gasteiger partial charge < -0.3 is 0 Å². The van der Waals surface area contributed by atoms with Gasteiger partial charge >= 0.3 is 0 Å². The molecule has 1 saturated heterocycles. The zero-order valence-corrected chi connectivity index (χ0v) is 28.6. The van der Waals surface area contributed by atoms with E-state index in [1.165, 1.54) is 28.2 Å². The highest BCUT2D eigenvalue weighted by Gasteiger charge is 2.56. The van der Waals surface area contributed by atoms with Crippen LogP contribution < -0.4 is 4.90 Å². The van der Waals surface area contributed by atoms with Crippen molar-refractivity contribution in [2.45, 2.75) is 37.4 Å². The molecule has 0 spiro atoms. The predicted octanol–water partition coefficient (Wildman–Crippen LogP) is 8.72. The predicted molar refractivity (Wildman–Crippen MR) is 183 cm³/mol. The van der Waals surface area contributed by atoms with Gasteiger partial charge in [-0.3, -0.25) is 19.4 Å². The number of carbonyl (C=O) groups is 3. The molecule has 4 aliphatic rings. The SMILES string of the molecule is O=C1[C@@H]2N=NN(CC(=O)N3N=C4/C(=C/c5ccc(Cl)cc5Cl)CCC[C@@H]4[C@@H]3c3ccc(Cl)cc3Cl)[C@H]2C(=O)N1c1ccc(Cl)cc1Cl. The Hall–Kier alpha value is -3.18. The van der Waals surface area contributed by atoms with Crippen LogP contribution in [0.15, 0.2) is 75.6 Å². The summed E-state index contributed by atoms with van der Waals surface area (Å²) in [6.07, 6.45) is 4.28. The molecule has 9 nitrogen and oxygen atoms in total. The summed E-state index contributed by atoms with van der Waals surface area (Å²) in [5.74, 6) is -1.86. The molecule has 4 atom stereocenters. The average molecular weight is 751 g/mol. The van der Waals surface area contributed by atoms with Crippen LogP contribution in [0.1, 0.15) is 36.4 Å². The number of imide groups is 1. The number of rotatable bonds is 5. The van der Waals surface area contributed by atoms with E-state index in [2.05, 4.69) is 10.3 Å². The van der Waals surface area contributed by atoms with Crippen molar-refractivity contribution in [3.8, 4) is 0 Å². The first-order chi connectivity index (χ1) is 22.5. The first-order valence-electron chi connectivity index (χ1n) is 14.5. The number of carbonyl (C=O) groups excluding carboxylic acids is 3. The molecule has 3 heterocycles. The minimum absolute atomic E-state index is 0.126. The van der Waals surface area contributed by atoms with Crippen LogP contribution in [-0.2, 0) is 14.4 Å². The monoisotopic (exact) mass is 748 g/mol. The topological polar surface area (TPSA) is 98.0 Å². The minimum atomic E-state index is -1.13.